The maximum atomic E-state index is 5.76. The number of ether oxygens (including phenoxy) is 1. The molecule has 0 aromatic heterocycles. The molecule has 69 valence electrons. The molecule has 0 spiro atoms. The average Bonchev–Trinajstić information content (AvgIpc) is 2.69. The van der Waals surface area contributed by atoms with E-state index in [1.165, 1.54) is 18.4 Å². The molecule has 1 heteroatoms. The molecule has 1 radical (unpaired) electrons. The van der Waals surface area contributed by atoms with Gasteiger partial charge in [-0.1, -0.05) is 30.3 Å². The zero-order valence-corrected chi connectivity index (χ0v) is 7.78. The lowest BCUT2D eigenvalue weighted by Gasteiger charge is -2.10. The summed E-state index contributed by atoms with van der Waals surface area (Å²) in [6, 6.07) is 10.4. The van der Waals surface area contributed by atoms with Gasteiger partial charge in [-0.25, -0.2) is 0 Å². The first kappa shape index (κ1) is 8.76. The fourth-order valence-corrected chi connectivity index (χ4v) is 1.67. The SMILES string of the molecule is [CH]1CCC(OCc2ccccc2)C1. The molecule has 0 amide bonds. The van der Waals surface area contributed by atoms with Crippen LogP contribution in [0.25, 0.3) is 0 Å². The summed E-state index contributed by atoms with van der Waals surface area (Å²) in [5, 5.41) is 0. The molecule has 2 rings (SSSR count). The van der Waals surface area contributed by atoms with Gasteiger partial charge in [-0.05, 0) is 31.2 Å². The minimum absolute atomic E-state index is 0.472. The van der Waals surface area contributed by atoms with Gasteiger partial charge in [0.25, 0.3) is 0 Å². The van der Waals surface area contributed by atoms with E-state index in [1.807, 2.05) is 6.07 Å². The van der Waals surface area contributed by atoms with Crippen LogP contribution in [-0.4, -0.2) is 6.10 Å². The molecule has 1 fully saturated rings. The Labute approximate surface area is 79.7 Å². The van der Waals surface area contributed by atoms with Crippen LogP contribution >= 0.6 is 0 Å². The standard InChI is InChI=1S/C12H15O/c1-2-6-11(7-3-1)10-13-12-8-4-5-9-12/h1-4,6-7,12H,5,8-10H2. The van der Waals surface area contributed by atoms with Crippen LogP contribution in [0.4, 0.5) is 0 Å². The molecule has 0 saturated heterocycles. The summed E-state index contributed by atoms with van der Waals surface area (Å²) in [5.74, 6) is 0. The van der Waals surface area contributed by atoms with E-state index in [1.54, 1.807) is 0 Å². The topological polar surface area (TPSA) is 9.23 Å². The minimum atomic E-state index is 0.472. The quantitative estimate of drug-likeness (QED) is 0.686. The van der Waals surface area contributed by atoms with Gasteiger partial charge in [0.2, 0.25) is 0 Å². The predicted octanol–water partition coefficient (Wildman–Crippen LogP) is 2.96. The van der Waals surface area contributed by atoms with Crippen molar-refractivity contribution in [1.29, 1.82) is 0 Å². The van der Waals surface area contributed by atoms with Crippen molar-refractivity contribution in [3.05, 3.63) is 42.3 Å². The van der Waals surface area contributed by atoms with E-state index in [9.17, 15) is 0 Å². The lowest BCUT2D eigenvalue weighted by Crippen LogP contribution is -2.06. The predicted molar refractivity (Wildman–Crippen MR) is 53.2 cm³/mol. The Hall–Kier alpha value is -0.820. The zero-order chi connectivity index (χ0) is 8.93. The highest BCUT2D eigenvalue weighted by atomic mass is 16.5. The molecule has 0 N–H and O–H groups in total. The molecular formula is C12H15O. The van der Waals surface area contributed by atoms with Crippen LogP contribution in [0.3, 0.4) is 0 Å². The summed E-state index contributed by atoms with van der Waals surface area (Å²) >= 11 is 0. The highest BCUT2D eigenvalue weighted by molar-refractivity contribution is 5.13. The van der Waals surface area contributed by atoms with Crippen molar-refractivity contribution in [1.82, 2.24) is 0 Å². The molecule has 1 unspecified atom stereocenters. The van der Waals surface area contributed by atoms with E-state index in [0.717, 1.165) is 13.0 Å². The van der Waals surface area contributed by atoms with E-state index in [-0.39, 0.29) is 0 Å². The van der Waals surface area contributed by atoms with Crippen LogP contribution in [0.5, 0.6) is 0 Å². The Kier molecular flexibility index (Phi) is 2.98. The Morgan fingerprint density at radius 1 is 1.23 bits per heavy atom. The first-order valence-electron chi connectivity index (χ1n) is 4.92. The molecule has 13 heavy (non-hydrogen) atoms. The van der Waals surface area contributed by atoms with Crippen LogP contribution in [0.1, 0.15) is 24.8 Å². The molecule has 1 atom stereocenters. The van der Waals surface area contributed by atoms with Crippen molar-refractivity contribution >= 4 is 0 Å². The normalized spacial score (nSPS) is 17.8. The maximum Gasteiger partial charge on any atom is 0.0720 e. The number of rotatable bonds is 3. The smallest absolute Gasteiger partial charge is 0.0720 e. The molecule has 0 bridgehead atoms. The molecule has 1 nitrogen and oxygen atoms in total. The van der Waals surface area contributed by atoms with Gasteiger partial charge in [-0.2, -0.15) is 0 Å². The van der Waals surface area contributed by atoms with Gasteiger partial charge in [-0.15, -0.1) is 0 Å². The van der Waals surface area contributed by atoms with Gasteiger partial charge < -0.3 is 4.74 Å². The maximum absolute atomic E-state index is 5.76. The highest BCUT2D eigenvalue weighted by Crippen LogP contribution is 2.20. The fourth-order valence-electron chi connectivity index (χ4n) is 1.67. The molecular weight excluding hydrogens is 160 g/mol. The van der Waals surface area contributed by atoms with Gasteiger partial charge in [0, 0.05) is 0 Å². The second-order valence-corrected chi connectivity index (χ2v) is 3.52. The summed E-state index contributed by atoms with van der Waals surface area (Å²) in [6.45, 7) is 0.763. The first-order chi connectivity index (χ1) is 6.45. The lowest BCUT2D eigenvalue weighted by molar-refractivity contribution is 0.0473. The molecule has 0 heterocycles. The van der Waals surface area contributed by atoms with Gasteiger partial charge in [0.15, 0.2) is 0 Å². The van der Waals surface area contributed by atoms with Crippen LogP contribution in [0, 0.1) is 6.42 Å². The lowest BCUT2D eigenvalue weighted by atomic mass is 10.2. The molecule has 1 aromatic rings. The van der Waals surface area contributed by atoms with E-state index in [0.29, 0.717) is 6.10 Å². The Morgan fingerprint density at radius 3 is 2.77 bits per heavy atom. The zero-order valence-electron chi connectivity index (χ0n) is 7.78. The van der Waals surface area contributed by atoms with E-state index >= 15 is 0 Å². The van der Waals surface area contributed by atoms with Gasteiger partial charge in [0.1, 0.15) is 0 Å². The van der Waals surface area contributed by atoms with Crippen molar-refractivity contribution in [3.8, 4) is 0 Å². The Balaban J connectivity index is 1.79. The van der Waals surface area contributed by atoms with Gasteiger partial charge >= 0.3 is 0 Å². The van der Waals surface area contributed by atoms with E-state index < -0.39 is 0 Å². The van der Waals surface area contributed by atoms with Crippen molar-refractivity contribution < 1.29 is 4.74 Å². The van der Waals surface area contributed by atoms with Crippen molar-refractivity contribution in [2.45, 2.75) is 32.0 Å². The first-order valence-corrected chi connectivity index (χ1v) is 4.92. The summed E-state index contributed by atoms with van der Waals surface area (Å²) in [4.78, 5) is 0. The highest BCUT2D eigenvalue weighted by Gasteiger charge is 2.14. The summed E-state index contributed by atoms with van der Waals surface area (Å²) in [5.41, 5.74) is 1.27. The molecule has 1 aromatic carbocycles. The Bertz CT molecular complexity index is 237. The summed E-state index contributed by atoms with van der Waals surface area (Å²) in [6.07, 6.45) is 6.34. The van der Waals surface area contributed by atoms with Crippen molar-refractivity contribution in [2.24, 2.45) is 0 Å². The molecule has 0 aliphatic heterocycles. The minimum Gasteiger partial charge on any atom is -0.374 e. The Morgan fingerprint density at radius 2 is 2.08 bits per heavy atom. The van der Waals surface area contributed by atoms with Crippen LogP contribution < -0.4 is 0 Å². The van der Waals surface area contributed by atoms with Crippen LogP contribution in [0.15, 0.2) is 30.3 Å². The summed E-state index contributed by atoms with van der Waals surface area (Å²) < 4.78 is 5.76. The van der Waals surface area contributed by atoms with Gasteiger partial charge in [-0.3, -0.25) is 0 Å². The number of benzene rings is 1. The van der Waals surface area contributed by atoms with E-state index in [4.69, 9.17) is 4.74 Å². The largest absolute Gasteiger partial charge is 0.374 e. The van der Waals surface area contributed by atoms with Gasteiger partial charge in [0.05, 0.1) is 12.7 Å². The fraction of sp³-hybridized carbons (Fsp3) is 0.417. The molecule has 1 aliphatic carbocycles. The van der Waals surface area contributed by atoms with Crippen LogP contribution in [0.2, 0.25) is 0 Å². The third kappa shape index (κ3) is 2.56. The molecule has 1 aliphatic rings. The summed E-state index contributed by atoms with van der Waals surface area (Å²) in [7, 11) is 0. The number of hydrogen-bond acceptors (Lipinski definition) is 1. The van der Waals surface area contributed by atoms with Crippen LogP contribution in [-0.2, 0) is 11.3 Å². The second kappa shape index (κ2) is 4.43. The van der Waals surface area contributed by atoms with E-state index in [2.05, 4.69) is 30.7 Å². The average molecular weight is 175 g/mol. The monoisotopic (exact) mass is 175 g/mol. The van der Waals surface area contributed by atoms with Crippen molar-refractivity contribution in [3.63, 3.8) is 0 Å². The number of hydrogen-bond donors (Lipinski definition) is 0. The second-order valence-electron chi connectivity index (χ2n) is 3.52. The molecule has 1 saturated carbocycles. The third-order valence-electron chi connectivity index (χ3n) is 2.45. The third-order valence-corrected chi connectivity index (χ3v) is 2.45. The van der Waals surface area contributed by atoms with Crippen molar-refractivity contribution in [2.75, 3.05) is 0 Å².